The number of allylic oxidation sites excluding steroid dienone is 4. The lowest BCUT2D eigenvalue weighted by atomic mass is 10.2. The van der Waals surface area contributed by atoms with E-state index in [2.05, 4.69) is 0 Å². The lowest BCUT2D eigenvalue weighted by Gasteiger charge is -2.26. The van der Waals surface area contributed by atoms with Crippen LogP contribution in [0.25, 0.3) is 0 Å². The second kappa shape index (κ2) is 11.4. The van der Waals surface area contributed by atoms with Crippen molar-refractivity contribution in [1.82, 2.24) is 0 Å². The number of hydrogen-bond acceptors (Lipinski definition) is 8. The van der Waals surface area contributed by atoms with E-state index in [1.54, 1.807) is 24.3 Å². The van der Waals surface area contributed by atoms with Gasteiger partial charge in [-0.05, 0) is 79.2 Å². The van der Waals surface area contributed by atoms with E-state index in [4.69, 9.17) is 28.4 Å². The summed E-state index contributed by atoms with van der Waals surface area (Å²) in [6.45, 7) is 1.29. The molecule has 0 radical (unpaired) electrons. The highest BCUT2D eigenvalue weighted by Gasteiger charge is 2.24. The molecular formula is C31H28O8S. The molecule has 0 saturated carbocycles. The molecule has 0 N–H and O–H groups in total. The molecule has 3 aliphatic rings. The Hall–Kier alpha value is -4.37. The molecule has 9 heteroatoms. The van der Waals surface area contributed by atoms with Crippen molar-refractivity contribution < 1.29 is 36.8 Å². The first-order chi connectivity index (χ1) is 19.5. The Balaban J connectivity index is 1.02. The number of hydrogen-bond donors (Lipinski definition) is 0. The predicted molar refractivity (Wildman–Crippen MR) is 146 cm³/mol. The summed E-state index contributed by atoms with van der Waals surface area (Å²) < 4.78 is 61.4. The standard InChI is InChI=1S/C31H28O8S/c32-40(33,27-16-12-23(13-17-27)35-19-25-21-37-29-7-4-5-9-31(29)39-25)26-14-10-22(11-15-26)34-18-24-20-36-28-6-2-1-3-8-30(28)38-24/h2-17,24-25H,1,18-21H2. The van der Waals surface area contributed by atoms with Crippen LogP contribution in [0, 0.1) is 0 Å². The summed E-state index contributed by atoms with van der Waals surface area (Å²) in [5, 5.41) is 0. The van der Waals surface area contributed by atoms with Crippen molar-refractivity contribution >= 4 is 9.84 Å². The minimum Gasteiger partial charge on any atom is -0.490 e. The third-order valence-corrected chi connectivity index (χ3v) is 8.26. The predicted octanol–water partition coefficient (Wildman–Crippen LogP) is 5.26. The Bertz CT molecular complexity index is 1540. The first kappa shape index (κ1) is 25.9. The van der Waals surface area contributed by atoms with E-state index in [0.29, 0.717) is 42.0 Å². The van der Waals surface area contributed by atoms with Crippen molar-refractivity contribution in [3.63, 3.8) is 0 Å². The topological polar surface area (TPSA) is 89.5 Å². The lowest BCUT2D eigenvalue weighted by Crippen LogP contribution is -2.34. The van der Waals surface area contributed by atoms with Crippen LogP contribution in [0.3, 0.4) is 0 Å². The molecule has 0 amide bonds. The number of rotatable bonds is 8. The van der Waals surface area contributed by atoms with Gasteiger partial charge in [-0.3, -0.25) is 0 Å². The lowest BCUT2D eigenvalue weighted by molar-refractivity contribution is -0.0157. The molecule has 0 saturated heterocycles. The van der Waals surface area contributed by atoms with E-state index in [0.717, 1.165) is 12.2 Å². The summed E-state index contributed by atoms with van der Waals surface area (Å²) in [5.41, 5.74) is 0. The molecular weight excluding hydrogens is 532 g/mol. The smallest absolute Gasteiger partial charge is 0.206 e. The van der Waals surface area contributed by atoms with Crippen molar-refractivity contribution in [2.45, 2.75) is 28.4 Å². The van der Waals surface area contributed by atoms with Gasteiger partial charge in [-0.25, -0.2) is 8.42 Å². The Labute approximate surface area is 233 Å². The van der Waals surface area contributed by atoms with Crippen molar-refractivity contribution in [2.24, 2.45) is 0 Å². The minimum absolute atomic E-state index is 0.169. The fourth-order valence-electron chi connectivity index (χ4n) is 4.38. The SMILES string of the molecule is O=S(=O)(c1ccc(OCC2COC3=C(C=CCC=C3)O2)cc1)c1ccc(OCC2COc3ccccc3O2)cc1. The van der Waals surface area contributed by atoms with Gasteiger partial charge in [-0.15, -0.1) is 0 Å². The van der Waals surface area contributed by atoms with Crippen LogP contribution in [-0.4, -0.2) is 47.1 Å². The molecule has 8 nitrogen and oxygen atoms in total. The maximum absolute atomic E-state index is 13.2. The summed E-state index contributed by atoms with van der Waals surface area (Å²) in [6.07, 6.45) is 8.12. The van der Waals surface area contributed by atoms with Crippen molar-refractivity contribution in [1.29, 1.82) is 0 Å². The number of benzene rings is 3. The van der Waals surface area contributed by atoms with E-state index in [9.17, 15) is 8.42 Å². The molecule has 3 aromatic rings. The molecule has 0 spiro atoms. The summed E-state index contributed by atoms with van der Waals surface area (Å²) in [4.78, 5) is 0.337. The molecule has 0 aromatic heterocycles. The van der Waals surface area contributed by atoms with Gasteiger partial charge in [0.2, 0.25) is 9.84 Å². The molecule has 1 aliphatic carbocycles. The summed E-state index contributed by atoms with van der Waals surface area (Å²) in [6, 6.07) is 20.1. The van der Waals surface area contributed by atoms with Gasteiger partial charge in [-0.2, -0.15) is 0 Å². The van der Waals surface area contributed by atoms with Crippen LogP contribution in [0.1, 0.15) is 6.42 Å². The average molecular weight is 561 g/mol. The molecule has 3 aromatic carbocycles. The second-order valence-corrected chi connectivity index (χ2v) is 11.3. The third kappa shape index (κ3) is 5.79. The average Bonchev–Trinajstić information content (AvgIpc) is 3.24. The fourth-order valence-corrected chi connectivity index (χ4v) is 5.64. The van der Waals surface area contributed by atoms with Crippen molar-refractivity contribution in [2.75, 3.05) is 26.4 Å². The molecule has 2 aliphatic heterocycles. The Morgan fingerprint density at radius 3 is 1.85 bits per heavy atom. The van der Waals surface area contributed by atoms with Crippen LogP contribution in [0.5, 0.6) is 23.0 Å². The van der Waals surface area contributed by atoms with Crippen molar-refractivity contribution in [3.8, 4) is 23.0 Å². The van der Waals surface area contributed by atoms with Crippen LogP contribution in [0.15, 0.2) is 118 Å². The highest BCUT2D eigenvalue weighted by molar-refractivity contribution is 7.91. The van der Waals surface area contributed by atoms with Crippen LogP contribution in [0.2, 0.25) is 0 Å². The Kier molecular flexibility index (Phi) is 7.37. The molecule has 2 heterocycles. The molecule has 40 heavy (non-hydrogen) atoms. The zero-order valence-corrected chi connectivity index (χ0v) is 22.4. The van der Waals surface area contributed by atoms with Gasteiger partial charge in [0.05, 0.1) is 9.79 Å². The van der Waals surface area contributed by atoms with Crippen LogP contribution in [-0.2, 0) is 19.3 Å². The molecule has 2 atom stereocenters. The van der Waals surface area contributed by atoms with Crippen LogP contribution in [0.4, 0.5) is 0 Å². The van der Waals surface area contributed by atoms with Gasteiger partial charge in [0.15, 0.2) is 35.2 Å². The Morgan fingerprint density at radius 1 is 0.650 bits per heavy atom. The molecule has 0 fully saturated rings. The number of sulfone groups is 1. The van der Waals surface area contributed by atoms with Gasteiger partial charge in [-0.1, -0.05) is 24.3 Å². The maximum atomic E-state index is 13.2. The van der Waals surface area contributed by atoms with Gasteiger partial charge in [0.25, 0.3) is 0 Å². The van der Waals surface area contributed by atoms with E-state index in [1.807, 2.05) is 48.6 Å². The van der Waals surface area contributed by atoms with Crippen LogP contribution >= 0.6 is 0 Å². The first-order valence-electron chi connectivity index (χ1n) is 13.0. The molecule has 2 unspecified atom stereocenters. The van der Waals surface area contributed by atoms with E-state index in [1.165, 1.54) is 24.3 Å². The highest BCUT2D eigenvalue weighted by Crippen LogP contribution is 2.31. The van der Waals surface area contributed by atoms with Gasteiger partial charge in [0.1, 0.15) is 37.9 Å². The van der Waals surface area contributed by atoms with E-state index < -0.39 is 9.84 Å². The molecule has 0 bridgehead atoms. The fraction of sp³-hybridized carbons (Fsp3) is 0.226. The second-order valence-electron chi connectivity index (χ2n) is 9.39. The third-order valence-electron chi connectivity index (χ3n) is 6.48. The zero-order chi connectivity index (χ0) is 27.4. The highest BCUT2D eigenvalue weighted by atomic mass is 32.2. The van der Waals surface area contributed by atoms with Gasteiger partial charge < -0.3 is 28.4 Å². The van der Waals surface area contributed by atoms with Crippen molar-refractivity contribution in [3.05, 3.63) is 109 Å². The number of para-hydroxylation sites is 2. The minimum atomic E-state index is -3.71. The normalized spacial score (nSPS) is 19.6. The summed E-state index contributed by atoms with van der Waals surface area (Å²) >= 11 is 0. The largest absolute Gasteiger partial charge is 0.490 e. The Morgan fingerprint density at radius 2 is 1.20 bits per heavy atom. The first-order valence-corrected chi connectivity index (χ1v) is 14.5. The summed E-state index contributed by atoms with van der Waals surface area (Å²) in [7, 11) is -3.71. The monoisotopic (exact) mass is 560 g/mol. The van der Waals surface area contributed by atoms with Gasteiger partial charge >= 0.3 is 0 Å². The molecule has 6 rings (SSSR count). The van der Waals surface area contributed by atoms with Gasteiger partial charge in [0, 0.05) is 0 Å². The zero-order valence-electron chi connectivity index (χ0n) is 21.6. The molecule has 206 valence electrons. The maximum Gasteiger partial charge on any atom is 0.206 e. The number of fused-ring (bicyclic) bond motifs is 1. The number of ether oxygens (including phenoxy) is 6. The quantitative estimate of drug-likeness (QED) is 0.369. The van der Waals surface area contributed by atoms with Crippen LogP contribution < -0.4 is 18.9 Å². The van der Waals surface area contributed by atoms with E-state index in [-0.39, 0.29) is 35.2 Å². The summed E-state index contributed by atoms with van der Waals surface area (Å²) in [5.74, 6) is 3.88. The van der Waals surface area contributed by atoms with E-state index >= 15 is 0 Å².